The summed E-state index contributed by atoms with van der Waals surface area (Å²) in [5.41, 5.74) is 0. The largest absolute Gasteiger partial charge is 0.481 e. The zero-order chi connectivity index (χ0) is 13.8. The quantitative estimate of drug-likeness (QED) is 0.837. The molecule has 1 aliphatic rings. The topological polar surface area (TPSA) is 66.4 Å². The Labute approximate surface area is 116 Å². The summed E-state index contributed by atoms with van der Waals surface area (Å²) >= 11 is 1.44. The standard InChI is InChI=1S/C14H19NO3S/c1-9-7-8-12(19-9)13(16)15-11-6-4-2-3-5-10(11)14(17)18/h7-8,10-11H,2-6H2,1H3,(H,15,16)(H,17,18). The molecule has 0 saturated heterocycles. The first-order chi connectivity index (χ1) is 9.08. The van der Waals surface area contributed by atoms with E-state index in [4.69, 9.17) is 0 Å². The van der Waals surface area contributed by atoms with Gasteiger partial charge in [-0.3, -0.25) is 9.59 Å². The molecule has 2 atom stereocenters. The fraction of sp³-hybridized carbons (Fsp3) is 0.571. The summed E-state index contributed by atoms with van der Waals surface area (Å²) in [5.74, 6) is -1.39. The van der Waals surface area contributed by atoms with Crippen molar-refractivity contribution in [1.82, 2.24) is 5.32 Å². The van der Waals surface area contributed by atoms with Crippen molar-refractivity contribution in [2.75, 3.05) is 0 Å². The third-order valence-electron chi connectivity index (χ3n) is 3.61. The summed E-state index contributed by atoms with van der Waals surface area (Å²) in [4.78, 5) is 25.1. The molecule has 0 aliphatic heterocycles. The number of aryl methyl sites for hydroxylation is 1. The Bertz CT molecular complexity index is 469. The van der Waals surface area contributed by atoms with Gasteiger partial charge < -0.3 is 10.4 Å². The summed E-state index contributed by atoms with van der Waals surface area (Å²) < 4.78 is 0. The first-order valence-electron chi connectivity index (χ1n) is 6.68. The Kier molecular flexibility index (Phi) is 4.58. The van der Waals surface area contributed by atoms with Gasteiger partial charge in [-0.1, -0.05) is 19.3 Å². The number of rotatable bonds is 3. The number of thiophene rings is 1. The molecule has 1 saturated carbocycles. The van der Waals surface area contributed by atoms with Gasteiger partial charge >= 0.3 is 5.97 Å². The van der Waals surface area contributed by atoms with Gasteiger partial charge in [0, 0.05) is 10.9 Å². The number of carbonyl (C=O) groups excluding carboxylic acids is 1. The van der Waals surface area contributed by atoms with E-state index in [1.54, 1.807) is 6.07 Å². The van der Waals surface area contributed by atoms with Gasteiger partial charge in [-0.15, -0.1) is 11.3 Å². The average Bonchev–Trinajstić information content (AvgIpc) is 2.65. The van der Waals surface area contributed by atoms with E-state index in [0.29, 0.717) is 11.3 Å². The summed E-state index contributed by atoms with van der Waals surface area (Å²) in [5, 5.41) is 12.2. The van der Waals surface area contributed by atoms with Crippen LogP contribution >= 0.6 is 11.3 Å². The molecule has 1 aliphatic carbocycles. The van der Waals surface area contributed by atoms with Crippen LogP contribution in [0.15, 0.2) is 12.1 Å². The number of nitrogens with one attached hydrogen (secondary N) is 1. The molecule has 1 heterocycles. The van der Waals surface area contributed by atoms with E-state index < -0.39 is 11.9 Å². The molecule has 1 amide bonds. The van der Waals surface area contributed by atoms with Crippen LogP contribution in [-0.2, 0) is 4.79 Å². The Morgan fingerprint density at radius 1 is 1.26 bits per heavy atom. The third kappa shape index (κ3) is 3.56. The Morgan fingerprint density at radius 2 is 2.00 bits per heavy atom. The smallest absolute Gasteiger partial charge is 0.308 e. The Morgan fingerprint density at radius 3 is 2.63 bits per heavy atom. The van der Waals surface area contributed by atoms with Crippen molar-refractivity contribution in [3.05, 3.63) is 21.9 Å². The molecule has 0 spiro atoms. The van der Waals surface area contributed by atoms with E-state index in [-0.39, 0.29) is 11.9 Å². The van der Waals surface area contributed by atoms with Crippen LogP contribution in [0.2, 0.25) is 0 Å². The van der Waals surface area contributed by atoms with Crippen LogP contribution in [0.3, 0.4) is 0 Å². The van der Waals surface area contributed by atoms with Gasteiger partial charge in [-0.05, 0) is 31.9 Å². The summed E-state index contributed by atoms with van der Waals surface area (Å²) in [6.45, 7) is 1.95. The van der Waals surface area contributed by atoms with Crippen LogP contribution in [0, 0.1) is 12.8 Å². The second kappa shape index (κ2) is 6.19. The molecule has 4 nitrogen and oxygen atoms in total. The number of hydrogen-bond acceptors (Lipinski definition) is 3. The number of aliphatic carboxylic acids is 1. The van der Waals surface area contributed by atoms with E-state index >= 15 is 0 Å². The first kappa shape index (κ1) is 14.1. The summed E-state index contributed by atoms with van der Waals surface area (Å²) in [6, 6.07) is 3.46. The fourth-order valence-electron chi connectivity index (χ4n) is 2.57. The van der Waals surface area contributed by atoms with Gasteiger partial charge in [0.15, 0.2) is 0 Å². The number of amides is 1. The Hall–Kier alpha value is -1.36. The molecule has 19 heavy (non-hydrogen) atoms. The van der Waals surface area contributed by atoms with Crippen molar-refractivity contribution in [3.63, 3.8) is 0 Å². The first-order valence-corrected chi connectivity index (χ1v) is 7.49. The zero-order valence-electron chi connectivity index (χ0n) is 11.0. The van der Waals surface area contributed by atoms with Crippen LogP contribution in [0.25, 0.3) is 0 Å². The number of carboxylic acids is 1. The minimum absolute atomic E-state index is 0.142. The lowest BCUT2D eigenvalue weighted by atomic mass is 9.95. The van der Waals surface area contributed by atoms with Crippen molar-refractivity contribution < 1.29 is 14.7 Å². The Balaban J connectivity index is 2.06. The molecule has 2 N–H and O–H groups in total. The van der Waals surface area contributed by atoms with Crippen molar-refractivity contribution >= 4 is 23.2 Å². The minimum Gasteiger partial charge on any atom is -0.481 e. The molecular formula is C14H19NO3S. The molecular weight excluding hydrogens is 262 g/mol. The lowest BCUT2D eigenvalue weighted by Gasteiger charge is -2.22. The second-order valence-electron chi connectivity index (χ2n) is 5.07. The van der Waals surface area contributed by atoms with Crippen molar-refractivity contribution in [1.29, 1.82) is 0 Å². The van der Waals surface area contributed by atoms with E-state index in [9.17, 15) is 14.7 Å². The molecule has 104 valence electrons. The average molecular weight is 281 g/mol. The molecule has 0 radical (unpaired) electrons. The third-order valence-corrected chi connectivity index (χ3v) is 4.61. The molecule has 0 aromatic carbocycles. The van der Waals surface area contributed by atoms with Crippen LogP contribution in [0.4, 0.5) is 0 Å². The zero-order valence-corrected chi connectivity index (χ0v) is 11.8. The van der Waals surface area contributed by atoms with E-state index in [1.807, 2.05) is 13.0 Å². The van der Waals surface area contributed by atoms with Crippen molar-refractivity contribution in [2.24, 2.45) is 5.92 Å². The van der Waals surface area contributed by atoms with Crippen LogP contribution < -0.4 is 5.32 Å². The van der Waals surface area contributed by atoms with E-state index in [0.717, 1.165) is 30.6 Å². The molecule has 0 bridgehead atoms. The molecule has 5 heteroatoms. The minimum atomic E-state index is -0.797. The maximum absolute atomic E-state index is 12.1. The number of hydrogen-bond donors (Lipinski definition) is 2. The van der Waals surface area contributed by atoms with Crippen molar-refractivity contribution in [2.45, 2.75) is 45.1 Å². The maximum Gasteiger partial charge on any atom is 0.308 e. The lowest BCUT2D eigenvalue weighted by Crippen LogP contribution is -2.42. The highest BCUT2D eigenvalue weighted by Crippen LogP contribution is 2.24. The highest BCUT2D eigenvalue weighted by Gasteiger charge is 2.30. The summed E-state index contributed by atoms with van der Waals surface area (Å²) in [7, 11) is 0. The van der Waals surface area contributed by atoms with Crippen LogP contribution in [-0.4, -0.2) is 23.0 Å². The van der Waals surface area contributed by atoms with Gasteiger partial charge in [0.1, 0.15) is 0 Å². The highest BCUT2D eigenvalue weighted by atomic mass is 32.1. The highest BCUT2D eigenvalue weighted by molar-refractivity contribution is 7.13. The van der Waals surface area contributed by atoms with Gasteiger partial charge in [-0.25, -0.2) is 0 Å². The predicted molar refractivity (Wildman–Crippen MR) is 74.5 cm³/mol. The van der Waals surface area contributed by atoms with Gasteiger partial charge in [-0.2, -0.15) is 0 Å². The SMILES string of the molecule is Cc1ccc(C(=O)NC2CCCCCC2C(=O)O)s1. The number of carbonyl (C=O) groups is 2. The molecule has 2 unspecified atom stereocenters. The van der Waals surface area contributed by atoms with E-state index in [2.05, 4.69) is 5.32 Å². The van der Waals surface area contributed by atoms with Crippen LogP contribution in [0.5, 0.6) is 0 Å². The molecule has 1 fully saturated rings. The van der Waals surface area contributed by atoms with Crippen LogP contribution in [0.1, 0.15) is 46.7 Å². The van der Waals surface area contributed by atoms with Gasteiger partial charge in [0.2, 0.25) is 0 Å². The summed E-state index contributed by atoms with van der Waals surface area (Å²) in [6.07, 6.45) is 4.38. The lowest BCUT2D eigenvalue weighted by molar-refractivity contribution is -0.142. The maximum atomic E-state index is 12.1. The van der Waals surface area contributed by atoms with Crippen molar-refractivity contribution in [3.8, 4) is 0 Å². The monoisotopic (exact) mass is 281 g/mol. The van der Waals surface area contributed by atoms with Gasteiger partial charge in [0.25, 0.3) is 5.91 Å². The molecule has 2 rings (SSSR count). The normalized spacial score (nSPS) is 23.6. The molecule has 1 aromatic rings. The second-order valence-corrected chi connectivity index (χ2v) is 6.36. The predicted octanol–water partition coefficient (Wildman–Crippen LogP) is 2.82. The number of carboxylic acid groups (broad SMARTS) is 1. The van der Waals surface area contributed by atoms with Gasteiger partial charge in [0.05, 0.1) is 10.8 Å². The molecule has 1 aromatic heterocycles. The van der Waals surface area contributed by atoms with E-state index in [1.165, 1.54) is 11.3 Å². The fourth-order valence-corrected chi connectivity index (χ4v) is 3.34.